The Labute approximate surface area is 105 Å². The molecule has 18 heavy (non-hydrogen) atoms. The van der Waals surface area contributed by atoms with Crippen LogP contribution in [0.2, 0.25) is 0 Å². The van der Waals surface area contributed by atoms with E-state index in [-0.39, 0.29) is 0 Å². The smallest absolute Gasteiger partial charge is 0.107 e. The van der Waals surface area contributed by atoms with Gasteiger partial charge in [-0.2, -0.15) is 0 Å². The van der Waals surface area contributed by atoms with Gasteiger partial charge in [-0.05, 0) is 30.2 Å². The molecule has 0 unspecified atom stereocenters. The first-order valence-electron chi connectivity index (χ1n) is 5.94. The van der Waals surface area contributed by atoms with Crippen LogP contribution in [0, 0.1) is 0 Å². The predicted molar refractivity (Wildman–Crippen MR) is 72.2 cm³/mol. The van der Waals surface area contributed by atoms with E-state index in [2.05, 4.69) is 27.1 Å². The number of aromatic amines is 1. The Morgan fingerprint density at radius 3 is 2.67 bits per heavy atom. The molecule has 0 spiro atoms. The van der Waals surface area contributed by atoms with Gasteiger partial charge in [-0.3, -0.25) is 4.98 Å². The van der Waals surface area contributed by atoms with E-state index < -0.39 is 0 Å². The quantitative estimate of drug-likeness (QED) is 0.688. The van der Waals surface area contributed by atoms with Gasteiger partial charge in [0.05, 0.1) is 17.2 Å². The number of aryl methyl sites for hydroxylation is 2. The van der Waals surface area contributed by atoms with Gasteiger partial charge in [0.25, 0.3) is 0 Å². The number of fused-ring (bicyclic) bond motifs is 1. The molecule has 2 aromatic heterocycles. The van der Waals surface area contributed by atoms with Crippen molar-refractivity contribution in [2.24, 2.45) is 0 Å². The summed E-state index contributed by atoms with van der Waals surface area (Å²) in [7, 11) is 0. The Bertz CT molecular complexity index is 622. The van der Waals surface area contributed by atoms with E-state index in [4.69, 9.17) is 5.73 Å². The van der Waals surface area contributed by atoms with Crippen LogP contribution in [0.1, 0.15) is 11.4 Å². The maximum absolute atomic E-state index is 5.66. The summed E-state index contributed by atoms with van der Waals surface area (Å²) in [4.78, 5) is 11.9. The number of pyridine rings is 1. The monoisotopic (exact) mass is 238 g/mol. The van der Waals surface area contributed by atoms with Gasteiger partial charge in [0.15, 0.2) is 0 Å². The number of hydrogen-bond acceptors (Lipinski definition) is 3. The summed E-state index contributed by atoms with van der Waals surface area (Å²) in [6, 6.07) is 9.88. The summed E-state index contributed by atoms with van der Waals surface area (Å²) in [6.07, 6.45) is 5.40. The fraction of sp³-hybridized carbons (Fsp3) is 0.143. The van der Waals surface area contributed by atoms with Crippen LogP contribution in [0.4, 0.5) is 5.69 Å². The van der Waals surface area contributed by atoms with Gasteiger partial charge in [-0.1, -0.05) is 12.1 Å². The molecule has 1 aromatic carbocycles. The summed E-state index contributed by atoms with van der Waals surface area (Å²) in [6.45, 7) is 0. The molecule has 4 nitrogen and oxygen atoms in total. The van der Waals surface area contributed by atoms with Crippen LogP contribution in [0.15, 0.2) is 42.7 Å². The van der Waals surface area contributed by atoms with Gasteiger partial charge in [0, 0.05) is 18.3 Å². The molecule has 2 heterocycles. The number of aromatic nitrogens is 3. The van der Waals surface area contributed by atoms with E-state index in [0.717, 1.165) is 35.4 Å². The second-order valence-electron chi connectivity index (χ2n) is 4.32. The summed E-state index contributed by atoms with van der Waals surface area (Å²) < 4.78 is 0. The van der Waals surface area contributed by atoms with Crippen molar-refractivity contribution in [2.45, 2.75) is 12.8 Å². The molecule has 3 N–H and O–H groups in total. The highest BCUT2D eigenvalue weighted by molar-refractivity contribution is 5.73. The second-order valence-corrected chi connectivity index (χ2v) is 4.32. The number of nitrogens with one attached hydrogen (secondary N) is 1. The molecule has 3 rings (SSSR count). The molecule has 3 aromatic rings. The highest BCUT2D eigenvalue weighted by Crippen LogP contribution is 2.12. The number of nitrogens with zero attached hydrogens (tertiary/aromatic N) is 2. The fourth-order valence-corrected chi connectivity index (χ4v) is 1.98. The maximum Gasteiger partial charge on any atom is 0.107 e. The zero-order valence-corrected chi connectivity index (χ0v) is 9.93. The topological polar surface area (TPSA) is 67.6 Å². The average molecular weight is 238 g/mol. The molecule has 0 saturated carbocycles. The lowest BCUT2D eigenvalue weighted by Crippen LogP contribution is -1.94. The van der Waals surface area contributed by atoms with Crippen molar-refractivity contribution >= 4 is 16.7 Å². The summed E-state index contributed by atoms with van der Waals surface area (Å²) in [5.41, 5.74) is 9.69. The van der Waals surface area contributed by atoms with Gasteiger partial charge in [-0.25, -0.2) is 4.98 Å². The number of nitrogens with two attached hydrogens (primary N) is 1. The van der Waals surface area contributed by atoms with Crippen LogP contribution in [0.25, 0.3) is 11.0 Å². The molecule has 4 heteroatoms. The van der Waals surface area contributed by atoms with Crippen molar-refractivity contribution < 1.29 is 0 Å². The fourth-order valence-electron chi connectivity index (χ4n) is 1.98. The van der Waals surface area contributed by atoms with Crippen LogP contribution < -0.4 is 5.73 Å². The van der Waals surface area contributed by atoms with Gasteiger partial charge in [0.1, 0.15) is 5.82 Å². The number of benzene rings is 1. The molecule has 0 aliphatic heterocycles. The Kier molecular flexibility index (Phi) is 2.68. The summed E-state index contributed by atoms with van der Waals surface area (Å²) in [5.74, 6) is 0.995. The zero-order chi connectivity index (χ0) is 12.4. The van der Waals surface area contributed by atoms with Gasteiger partial charge in [0.2, 0.25) is 0 Å². The number of imidazole rings is 1. The standard InChI is InChI=1S/C14H14N4/c15-11-4-1-10(2-5-11)3-6-14-17-12-7-8-16-9-13(12)18-14/h1-2,4-5,7-9H,3,6,15H2,(H,17,18). The van der Waals surface area contributed by atoms with E-state index in [1.165, 1.54) is 5.56 Å². The molecular formula is C14H14N4. The largest absolute Gasteiger partial charge is 0.399 e. The molecule has 0 amide bonds. The number of anilines is 1. The maximum atomic E-state index is 5.66. The van der Waals surface area contributed by atoms with Crippen LogP contribution in [-0.4, -0.2) is 15.0 Å². The number of rotatable bonds is 3. The third-order valence-electron chi connectivity index (χ3n) is 2.96. The first-order chi connectivity index (χ1) is 8.81. The molecule has 0 radical (unpaired) electrons. The molecule has 0 aliphatic carbocycles. The third-order valence-corrected chi connectivity index (χ3v) is 2.96. The Morgan fingerprint density at radius 2 is 1.89 bits per heavy atom. The summed E-state index contributed by atoms with van der Waals surface area (Å²) >= 11 is 0. The van der Waals surface area contributed by atoms with Crippen LogP contribution in [0.5, 0.6) is 0 Å². The molecular weight excluding hydrogens is 224 g/mol. The van der Waals surface area contributed by atoms with E-state index in [0.29, 0.717) is 0 Å². The minimum Gasteiger partial charge on any atom is -0.399 e. The average Bonchev–Trinajstić information content (AvgIpc) is 2.81. The Balaban J connectivity index is 1.74. The first kappa shape index (κ1) is 10.8. The van der Waals surface area contributed by atoms with E-state index in [9.17, 15) is 0 Å². The zero-order valence-electron chi connectivity index (χ0n) is 9.93. The predicted octanol–water partition coefficient (Wildman–Crippen LogP) is 2.33. The molecule has 0 aliphatic rings. The van der Waals surface area contributed by atoms with Crippen molar-refractivity contribution in [3.8, 4) is 0 Å². The summed E-state index contributed by atoms with van der Waals surface area (Å²) in [5, 5.41) is 0. The lowest BCUT2D eigenvalue weighted by Gasteiger charge is -1.99. The normalized spacial score (nSPS) is 10.9. The minimum absolute atomic E-state index is 0.800. The molecule has 0 fully saturated rings. The van der Waals surface area contributed by atoms with Crippen molar-refractivity contribution in [2.75, 3.05) is 5.73 Å². The van der Waals surface area contributed by atoms with Gasteiger partial charge in [-0.15, -0.1) is 0 Å². The molecule has 0 bridgehead atoms. The molecule has 90 valence electrons. The van der Waals surface area contributed by atoms with E-state index in [1.807, 2.05) is 18.2 Å². The number of H-pyrrole nitrogens is 1. The van der Waals surface area contributed by atoms with Crippen molar-refractivity contribution in [1.29, 1.82) is 0 Å². The van der Waals surface area contributed by atoms with Crippen LogP contribution in [-0.2, 0) is 12.8 Å². The van der Waals surface area contributed by atoms with E-state index >= 15 is 0 Å². The Hall–Kier alpha value is -2.36. The second kappa shape index (κ2) is 4.49. The highest BCUT2D eigenvalue weighted by atomic mass is 14.9. The van der Waals surface area contributed by atoms with Crippen LogP contribution in [0.3, 0.4) is 0 Å². The highest BCUT2D eigenvalue weighted by Gasteiger charge is 2.02. The molecule has 0 saturated heterocycles. The van der Waals surface area contributed by atoms with Gasteiger partial charge < -0.3 is 10.7 Å². The van der Waals surface area contributed by atoms with Crippen molar-refractivity contribution in [3.05, 3.63) is 54.1 Å². The van der Waals surface area contributed by atoms with Crippen molar-refractivity contribution in [3.63, 3.8) is 0 Å². The van der Waals surface area contributed by atoms with Gasteiger partial charge >= 0.3 is 0 Å². The minimum atomic E-state index is 0.800. The van der Waals surface area contributed by atoms with Crippen molar-refractivity contribution in [1.82, 2.24) is 15.0 Å². The lowest BCUT2D eigenvalue weighted by molar-refractivity contribution is 0.890. The number of hydrogen-bond donors (Lipinski definition) is 2. The van der Waals surface area contributed by atoms with E-state index in [1.54, 1.807) is 12.4 Å². The third kappa shape index (κ3) is 2.18. The van der Waals surface area contributed by atoms with Crippen LogP contribution >= 0.6 is 0 Å². The SMILES string of the molecule is Nc1ccc(CCc2nc3ccncc3[nH]2)cc1. The lowest BCUT2D eigenvalue weighted by atomic mass is 10.1. The molecule has 0 atom stereocenters. The Morgan fingerprint density at radius 1 is 1.06 bits per heavy atom. The number of nitrogen functional groups attached to an aromatic ring is 1. The first-order valence-corrected chi connectivity index (χ1v) is 5.94.